The SMILES string of the molecule is C=CC[C@H](OC(C)=O)C(=O)OCC. The molecule has 1 atom stereocenters. The highest BCUT2D eigenvalue weighted by Gasteiger charge is 2.20. The Morgan fingerprint density at radius 2 is 2.15 bits per heavy atom. The lowest BCUT2D eigenvalue weighted by molar-refractivity contribution is -0.166. The van der Waals surface area contributed by atoms with Crippen LogP contribution in [0.5, 0.6) is 0 Å². The molecule has 74 valence electrons. The van der Waals surface area contributed by atoms with Crippen LogP contribution in [0.15, 0.2) is 12.7 Å². The normalized spacial score (nSPS) is 11.5. The van der Waals surface area contributed by atoms with Gasteiger partial charge in [-0.1, -0.05) is 6.08 Å². The topological polar surface area (TPSA) is 52.6 Å². The first-order chi connectivity index (χ1) is 6.11. The van der Waals surface area contributed by atoms with Crippen LogP contribution in [0.3, 0.4) is 0 Å². The molecule has 13 heavy (non-hydrogen) atoms. The molecule has 0 fully saturated rings. The van der Waals surface area contributed by atoms with E-state index < -0.39 is 18.0 Å². The Labute approximate surface area is 77.5 Å². The monoisotopic (exact) mass is 186 g/mol. The van der Waals surface area contributed by atoms with Crippen LogP contribution in [0, 0.1) is 0 Å². The molecule has 0 rings (SSSR count). The molecule has 0 radical (unpaired) electrons. The Morgan fingerprint density at radius 3 is 2.54 bits per heavy atom. The lowest BCUT2D eigenvalue weighted by Crippen LogP contribution is -2.27. The maximum atomic E-state index is 11.1. The van der Waals surface area contributed by atoms with Gasteiger partial charge >= 0.3 is 11.9 Å². The van der Waals surface area contributed by atoms with E-state index in [1.165, 1.54) is 13.0 Å². The molecule has 0 spiro atoms. The van der Waals surface area contributed by atoms with Gasteiger partial charge in [0.15, 0.2) is 0 Å². The predicted octanol–water partition coefficient (Wildman–Crippen LogP) is 1.06. The van der Waals surface area contributed by atoms with E-state index >= 15 is 0 Å². The Kier molecular flexibility index (Phi) is 5.59. The summed E-state index contributed by atoms with van der Waals surface area (Å²) in [5.41, 5.74) is 0. The number of rotatable bonds is 5. The summed E-state index contributed by atoms with van der Waals surface area (Å²) in [7, 11) is 0. The van der Waals surface area contributed by atoms with Crippen LogP contribution in [0.4, 0.5) is 0 Å². The predicted molar refractivity (Wildman–Crippen MR) is 47.0 cm³/mol. The fraction of sp³-hybridized carbons (Fsp3) is 0.556. The fourth-order valence-electron chi connectivity index (χ4n) is 0.779. The number of hydrogen-bond acceptors (Lipinski definition) is 4. The minimum Gasteiger partial charge on any atom is -0.463 e. The molecule has 0 aliphatic heterocycles. The molecule has 4 nitrogen and oxygen atoms in total. The lowest BCUT2D eigenvalue weighted by atomic mass is 10.2. The molecule has 0 saturated heterocycles. The highest BCUT2D eigenvalue weighted by atomic mass is 16.6. The van der Waals surface area contributed by atoms with Crippen LogP contribution in [-0.4, -0.2) is 24.6 Å². The second-order valence-corrected chi connectivity index (χ2v) is 2.37. The second-order valence-electron chi connectivity index (χ2n) is 2.37. The molecule has 0 aromatic rings. The maximum absolute atomic E-state index is 11.1. The minimum atomic E-state index is -0.852. The summed E-state index contributed by atoms with van der Waals surface area (Å²) in [6, 6.07) is 0. The maximum Gasteiger partial charge on any atom is 0.347 e. The van der Waals surface area contributed by atoms with Crippen molar-refractivity contribution in [2.24, 2.45) is 0 Å². The largest absolute Gasteiger partial charge is 0.463 e. The van der Waals surface area contributed by atoms with E-state index in [2.05, 4.69) is 6.58 Å². The average molecular weight is 186 g/mol. The summed E-state index contributed by atoms with van der Waals surface area (Å²) in [5.74, 6) is -1.03. The molecule has 0 N–H and O–H groups in total. The van der Waals surface area contributed by atoms with Crippen molar-refractivity contribution in [2.75, 3.05) is 6.61 Å². The van der Waals surface area contributed by atoms with Gasteiger partial charge in [-0.05, 0) is 6.92 Å². The van der Waals surface area contributed by atoms with Gasteiger partial charge in [-0.3, -0.25) is 4.79 Å². The highest BCUT2D eigenvalue weighted by molar-refractivity contribution is 5.78. The van der Waals surface area contributed by atoms with E-state index in [0.29, 0.717) is 0 Å². The van der Waals surface area contributed by atoms with Crippen LogP contribution in [0.2, 0.25) is 0 Å². The van der Waals surface area contributed by atoms with Crippen molar-refractivity contribution >= 4 is 11.9 Å². The van der Waals surface area contributed by atoms with Gasteiger partial charge in [-0.2, -0.15) is 0 Å². The zero-order chi connectivity index (χ0) is 10.3. The molecule has 0 saturated carbocycles. The van der Waals surface area contributed by atoms with E-state index in [4.69, 9.17) is 9.47 Å². The van der Waals surface area contributed by atoms with Crippen LogP contribution >= 0.6 is 0 Å². The van der Waals surface area contributed by atoms with Gasteiger partial charge in [0.05, 0.1) is 6.61 Å². The second kappa shape index (κ2) is 6.22. The smallest absolute Gasteiger partial charge is 0.347 e. The van der Waals surface area contributed by atoms with Gasteiger partial charge in [0.1, 0.15) is 0 Å². The summed E-state index contributed by atoms with van der Waals surface area (Å²) >= 11 is 0. The summed E-state index contributed by atoms with van der Waals surface area (Å²) < 4.78 is 9.41. The van der Waals surface area contributed by atoms with Crippen molar-refractivity contribution in [3.63, 3.8) is 0 Å². The van der Waals surface area contributed by atoms with Crippen LogP contribution in [-0.2, 0) is 19.1 Å². The van der Waals surface area contributed by atoms with E-state index in [-0.39, 0.29) is 13.0 Å². The molecule has 0 bridgehead atoms. The Hall–Kier alpha value is -1.32. The fourth-order valence-corrected chi connectivity index (χ4v) is 0.779. The first kappa shape index (κ1) is 11.7. The molecule has 0 heterocycles. The molecule has 0 aromatic heterocycles. The zero-order valence-corrected chi connectivity index (χ0v) is 7.91. The van der Waals surface area contributed by atoms with Crippen molar-refractivity contribution in [2.45, 2.75) is 26.4 Å². The Morgan fingerprint density at radius 1 is 1.54 bits per heavy atom. The van der Waals surface area contributed by atoms with Crippen molar-refractivity contribution in [3.8, 4) is 0 Å². The van der Waals surface area contributed by atoms with Crippen LogP contribution < -0.4 is 0 Å². The average Bonchev–Trinajstić information content (AvgIpc) is 2.03. The number of carbonyl (C=O) groups excluding carboxylic acids is 2. The lowest BCUT2D eigenvalue weighted by Gasteiger charge is -2.13. The molecule has 4 heteroatoms. The third kappa shape index (κ3) is 5.00. The quantitative estimate of drug-likeness (QED) is 0.476. The summed E-state index contributed by atoms with van der Waals surface area (Å²) in [6.07, 6.45) is 0.929. The molecular weight excluding hydrogens is 172 g/mol. The molecule has 0 aliphatic carbocycles. The van der Waals surface area contributed by atoms with Crippen molar-refractivity contribution in [3.05, 3.63) is 12.7 Å². The van der Waals surface area contributed by atoms with Crippen LogP contribution in [0.1, 0.15) is 20.3 Å². The van der Waals surface area contributed by atoms with Gasteiger partial charge in [-0.25, -0.2) is 4.79 Å². The van der Waals surface area contributed by atoms with Gasteiger partial charge < -0.3 is 9.47 Å². The van der Waals surface area contributed by atoms with Crippen molar-refractivity contribution in [1.29, 1.82) is 0 Å². The number of esters is 2. The van der Waals surface area contributed by atoms with E-state index in [1.807, 2.05) is 0 Å². The summed E-state index contributed by atoms with van der Waals surface area (Å²) in [5, 5.41) is 0. The van der Waals surface area contributed by atoms with E-state index in [0.717, 1.165) is 0 Å². The van der Waals surface area contributed by atoms with Gasteiger partial charge in [0, 0.05) is 13.3 Å². The minimum absolute atomic E-state index is 0.272. The third-order valence-corrected chi connectivity index (χ3v) is 1.24. The molecule has 0 aliphatic rings. The molecule has 0 aromatic carbocycles. The zero-order valence-electron chi connectivity index (χ0n) is 7.91. The van der Waals surface area contributed by atoms with Gasteiger partial charge in [0.2, 0.25) is 6.10 Å². The van der Waals surface area contributed by atoms with Crippen LogP contribution in [0.25, 0.3) is 0 Å². The highest BCUT2D eigenvalue weighted by Crippen LogP contribution is 2.02. The van der Waals surface area contributed by atoms with Crippen molar-refractivity contribution in [1.82, 2.24) is 0 Å². The molecule has 0 unspecified atom stereocenters. The van der Waals surface area contributed by atoms with E-state index in [1.54, 1.807) is 6.92 Å². The van der Waals surface area contributed by atoms with Crippen molar-refractivity contribution < 1.29 is 19.1 Å². The number of ether oxygens (including phenoxy) is 2. The first-order valence-corrected chi connectivity index (χ1v) is 4.06. The van der Waals surface area contributed by atoms with Gasteiger partial charge in [-0.15, -0.1) is 6.58 Å². The third-order valence-electron chi connectivity index (χ3n) is 1.24. The Bertz CT molecular complexity index is 198. The van der Waals surface area contributed by atoms with Gasteiger partial charge in [0.25, 0.3) is 0 Å². The molecular formula is C9H14O4. The molecule has 0 amide bonds. The van der Waals surface area contributed by atoms with E-state index in [9.17, 15) is 9.59 Å². The summed E-state index contributed by atoms with van der Waals surface area (Å²) in [4.78, 5) is 21.7. The number of carbonyl (C=O) groups is 2. The standard InChI is InChI=1S/C9H14O4/c1-4-6-8(13-7(3)10)9(11)12-5-2/h4,8H,1,5-6H2,2-3H3/t8-/m0/s1. The Balaban J connectivity index is 4.13. The number of hydrogen-bond donors (Lipinski definition) is 0. The summed E-state index contributed by atoms with van der Waals surface area (Å²) in [6.45, 7) is 6.66. The first-order valence-electron chi connectivity index (χ1n) is 4.06.